The van der Waals surface area contributed by atoms with Crippen LogP contribution in [-0.4, -0.2) is 30.6 Å². The van der Waals surface area contributed by atoms with Crippen molar-refractivity contribution in [1.82, 2.24) is 19.1 Å². The molecule has 3 aromatic carbocycles. The summed E-state index contributed by atoms with van der Waals surface area (Å²) in [6.45, 7) is 1.73. The fraction of sp³-hybridized carbons (Fsp3) is 0.0741. The van der Waals surface area contributed by atoms with E-state index in [4.69, 9.17) is 22.0 Å². The van der Waals surface area contributed by atoms with Gasteiger partial charge < -0.3 is 0 Å². The van der Waals surface area contributed by atoms with Gasteiger partial charge in [-0.3, -0.25) is 24.1 Å². The maximum absolute atomic E-state index is 13.7. The molecule has 5 rings (SSSR count). The number of nitrogens with one attached hydrogen (secondary N) is 1. The number of fused-ring (bicyclic) bond motifs is 1. The number of carbonyl (C=O) groups is 1. The Labute approximate surface area is 205 Å². The first-order chi connectivity index (χ1) is 17.0. The van der Waals surface area contributed by atoms with Crippen molar-refractivity contribution in [3.05, 3.63) is 106 Å². The molecule has 8 heteroatoms. The average Bonchev–Trinajstić information content (AvgIpc) is 3.33. The molecule has 2 heterocycles. The number of imidazole rings is 1. The second-order valence-corrected chi connectivity index (χ2v) is 8.34. The van der Waals surface area contributed by atoms with E-state index in [0.717, 1.165) is 5.69 Å². The van der Waals surface area contributed by atoms with Crippen LogP contribution in [0.1, 0.15) is 18.9 Å². The van der Waals surface area contributed by atoms with Gasteiger partial charge in [-0.2, -0.15) is 0 Å². The number of hydrogen-bond donors (Lipinski definition) is 1. The van der Waals surface area contributed by atoms with Gasteiger partial charge in [0, 0.05) is 28.3 Å². The molecule has 0 aliphatic rings. The van der Waals surface area contributed by atoms with E-state index in [-0.39, 0.29) is 29.0 Å². The molecule has 172 valence electrons. The molecule has 2 aromatic heterocycles. The molecule has 0 radical (unpaired) electrons. The van der Waals surface area contributed by atoms with Crippen molar-refractivity contribution in [2.45, 2.75) is 13.3 Å². The summed E-state index contributed by atoms with van der Waals surface area (Å²) in [5.74, 6) is 0.171. The molecule has 7 nitrogen and oxygen atoms in total. The van der Waals surface area contributed by atoms with Crippen LogP contribution in [-0.2, 0) is 4.79 Å². The highest BCUT2D eigenvalue weighted by atomic mass is 35.5. The molecule has 0 aliphatic heterocycles. The summed E-state index contributed by atoms with van der Waals surface area (Å²) in [6.07, 6.45) is 1.85. The monoisotopic (exact) mass is 481 g/mol. The van der Waals surface area contributed by atoms with E-state index in [0.29, 0.717) is 33.3 Å². The Morgan fingerprint density at radius 2 is 1.63 bits per heavy atom. The van der Waals surface area contributed by atoms with Gasteiger partial charge in [-0.25, -0.2) is 9.97 Å². The lowest BCUT2D eigenvalue weighted by Crippen LogP contribution is -2.22. The molecule has 0 saturated heterocycles. The lowest BCUT2D eigenvalue weighted by Gasteiger charge is -2.14. The van der Waals surface area contributed by atoms with E-state index in [9.17, 15) is 9.59 Å². The predicted molar refractivity (Wildman–Crippen MR) is 137 cm³/mol. The molecular weight excluding hydrogens is 462 g/mol. The maximum atomic E-state index is 13.7. The minimum Gasteiger partial charge on any atom is -0.297 e. The van der Waals surface area contributed by atoms with Gasteiger partial charge in [-0.1, -0.05) is 61.0 Å². The quantitative estimate of drug-likeness (QED) is 0.336. The SMILES string of the molecule is CCC(=O)C(=N)c1ccc(-c2nc3c(ncn3-c3ccccc3)c(=O)n2-c2ccc(Cl)cc2)cc1. The molecular formula is C27H20ClN5O2. The highest BCUT2D eigenvalue weighted by Gasteiger charge is 2.19. The summed E-state index contributed by atoms with van der Waals surface area (Å²) in [6, 6.07) is 23.4. The highest BCUT2D eigenvalue weighted by Crippen LogP contribution is 2.25. The van der Waals surface area contributed by atoms with Crippen molar-refractivity contribution >= 4 is 34.3 Å². The van der Waals surface area contributed by atoms with Crippen molar-refractivity contribution in [2.75, 3.05) is 0 Å². The van der Waals surface area contributed by atoms with Gasteiger partial charge in [0.05, 0.1) is 5.69 Å². The third-order valence-corrected chi connectivity index (χ3v) is 5.97. The molecule has 0 bridgehead atoms. The lowest BCUT2D eigenvalue weighted by molar-refractivity contribution is -0.112. The Bertz CT molecular complexity index is 1620. The Kier molecular flexibility index (Phi) is 5.84. The first-order valence-corrected chi connectivity index (χ1v) is 11.4. The molecule has 0 amide bonds. The van der Waals surface area contributed by atoms with E-state index in [1.165, 1.54) is 4.57 Å². The summed E-state index contributed by atoms with van der Waals surface area (Å²) in [5.41, 5.74) is 2.89. The number of carbonyl (C=O) groups excluding carboxylic acids is 1. The maximum Gasteiger partial charge on any atom is 0.286 e. The molecule has 1 N–H and O–H groups in total. The van der Waals surface area contributed by atoms with E-state index in [1.54, 1.807) is 66.3 Å². The minimum absolute atomic E-state index is 0.0419. The predicted octanol–water partition coefficient (Wildman–Crippen LogP) is 5.24. The van der Waals surface area contributed by atoms with E-state index < -0.39 is 0 Å². The van der Waals surface area contributed by atoms with Crippen LogP contribution in [0.15, 0.2) is 90.0 Å². The van der Waals surface area contributed by atoms with Crippen molar-refractivity contribution in [3.8, 4) is 22.8 Å². The zero-order valence-electron chi connectivity index (χ0n) is 18.8. The van der Waals surface area contributed by atoms with Gasteiger partial charge in [0.15, 0.2) is 16.9 Å². The summed E-state index contributed by atoms with van der Waals surface area (Å²) in [5, 5.41) is 8.66. The zero-order valence-corrected chi connectivity index (χ0v) is 19.5. The van der Waals surface area contributed by atoms with Gasteiger partial charge >= 0.3 is 0 Å². The fourth-order valence-corrected chi connectivity index (χ4v) is 4.00. The number of hydrogen-bond acceptors (Lipinski definition) is 5. The van der Waals surface area contributed by atoms with Crippen LogP contribution < -0.4 is 5.56 Å². The summed E-state index contributed by atoms with van der Waals surface area (Å²) in [7, 11) is 0. The van der Waals surface area contributed by atoms with E-state index in [1.807, 2.05) is 30.3 Å². The Morgan fingerprint density at radius 3 is 2.29 bits per heavy atom. The third kappa shape index (κ3) is 4.06. The summed E-state index contributed by atoms with van der Waals surface area (Å²) >= 11 is 6.08. The number of ketones is 1. The first-order valence-electron chi connectivity index (χ1n) is 11.0. The number of benzene rings is 3. The average molecular weight is 482 g/mol. The minimum atomic E-state index is -0.319. The standard InChI is InChI=1S/C27H20ClN5O2/c1-2-22(34)23(29)17-8-10-18(11-9-17)25-31-26-24(30-16-32(26)20-6-4-3-5-7-20)27(35)33(25)21-14-12-19(28)13-15-21/h3-16,29H,2H2,1H3. The number of halogens is 1. The number of nitrogens with zero attached hydrogens (tertiary/aromatic N) is 4. The molecule has 0 fully saturated rings. The van der Waals surface area contributed by atoms with Crippen LogP contribution in [0.2, 0.25) is 5.02 Å². The normalized spacial score (nSPS) is 11.0. The summed E-state index contributed by atoms with van der Waals surface area (Å²) < 4.78 is 3.27. The van der Waals surface area contributed by atoms with Gasteiger partial charge in [0.2, 0.25) is 0 Å². The van der Waals surface area contributed by atoms with Crippen LogP contribution in [0.3, 0.4) is 0 Å². The van der Waals surface area contributed by atoms with E-state index >= 15 is 0 Å². The Morgan fingerprint density at radius 1 is 0.943 bits per heavy atom. The van der Waals surface area contributed by atoms with E-state index in [2.05, 4.69) is 4.98 Å². The molecule has 0 saturated carbocycles. The second-order valence-electron chi connectivity index (χ2n) is 7.90. The molecule has 35 heavy (non-hydrogen) atoms. The van der Waals surface area contributed by atoms with Crippen molar-refractivity contribution < 1.29 is 4.79 Å². The van der Waals surface area contributed by atoms with Gasteiger partial charge in [0.25, 0.3) is 5.56 Å². The van der Waals surface area contributed by atoms with Crippen LogP contribution in [0.4, 0.5) is 0 Å². The van der Waals surface area contributed by atoms with Gasteiger partial charge in [-0.15, -0.1) is 0 Å². The van der Waals surface area contributed by atoms with Gasteiger partial charge in [-0.05, 0) is 36.4 Å². The topological polar surface area (TPSA) is 93.6 Å². The third-order valence-electron chi connectivity index (χ3n) is 5.72. The van der Waals surface area contributed by atoms with Crippen LogP contribution in [0.5, 0.6) is 0 Å². The molecule has 0 aliphatic carbocycles. The molecule has 5 aromatic rings. The first kappa shape index (κ1) is 22.4. The number of aromatic nitrogens is 4. The molecule has 0 unspecified atom stereocenters. The Hall–Kier alpha value is -4.36. The fourth-order valence-electron chi connectivity index (χ4n) is 3.88. The van der Waals surface area contributed by atoms with Crippen molar-refractivity contribution in [1.29, 1.82) is 5.41 Å². The van der Waals surface area contributed by atoms with Crippen LogP contribution in [0, 0.1) is 5.41 Å². The molecule has 0 spiro atoms. The number of Topliss-reactive ketones (excluding diaryl/α,β-unsaturated/α-hetero) is 1. The lowest BCUT2D eigenvalue weighted by atomic mass is 10.0. The van der Waals surface area contributed by atoms with Crippen molar-refractivity contribution in [2.24, 2.45) is 0 Å². The largest absolute Gasteiger partial charge is 0.297 e. The smallest absolute Gasteiger partial charge is 0.286 e. The Balaban J connectivity index is 1.75. The van der Waals surface area contributed by atoms with Crippen LogP contribution in [0.25, 0.3) is 33.9 Å². The van der Waals surface area contributed by atoms with Gasteiger partial charge in [0.1, 0.15) is 17.9 Å². The van der Waals surface area contributed by atoms with Crippen molar-refractivity contribution in [3.63, 3.8) is 0 Å². The van der Waals surface area contributed by atoms with Crippen LogP contribution >= 0.6 is 11.6 Å². The highest BCUT2D eigenvalue weighted by molar-refractivity contribution is 6.44. The summed E-state index contributed by atoms with van der Waals surface area (Å²) in [4.78, 5) is 34.9. The number of rotatable bonds is 6. The number of para-hydroxylation sites is 1. The zero-order chi connectivity index (χ0) is 24.5. The second kappa shape index (κ2) is 9.12. The molecule has 0 atom stereocenters.